The fourth-order valence-corrected chi connectivity index (χ4v) is 4.40. The first kappa shape index (κ1) is 15.2. The minimum Gasteiger partial charge on any atom is -0.480 e. The highest BCUT2D eigenvalue weighted by Crippen LogP contribution is 2.40. The van der Waals surface area contributed by atoms with E-state index in [0.717, 1.165) is 42.1 Å². The molecule has 4 rings (SSSR count). The van der Waals surface area contributed by atoms with E-state index in [1.165, 1.54) is 0 Å². The quantitative estimate of drug-likeness (QED) is 0.906. The molecule has 126 valence electrons. The fraction of sp³-hybridized carbons (Fsp3) is 0.500. The third-order valence-electron chi connectivity index (χ3n) is 5.52. The molecule has 2 heterocycles. The Morgan fingerprint density at radius 1 is 1.29 bits per heavy atom. The van der Waals surface area contributed by atoms with Crippen molar-refractivity contribution in [3.05, 3.63) is 30.0 Å². The average Bonchev–Trinajstić information content (AvgIpc) is 3.18. The molecule has 2 aliphatic rings. The van der Waals surface area contributed by atoms with Crippen LogP contribution in [0.5, 0.6) is 0 Å². The summed E-state index contributed by atoms with van der Waals surface area (Å²) < 4.78 is 0. The highest BCUT2D eigenvalue weighted by molar-refractivity contribution is 5.87. The van der Waals surface area contributed by atoms with E-state index < -0.39 is 12.0 Å². The van der Waals surface area contributed by atoms with Gasteiger partial charge in [0.15, 0.2) is 0 Å². The number of aliphatic carboxylic acids is 1. The van der Waals surface area contributed by atoms with E-state index in [9.17, 15) is 14.7 Å². The summed E-state index contributed by atoms with van der Waals surface area (Å²) in [7, 11) is 0. The molecule has 1 amide bonds. The van der Waals surface area contributed by atoms with Gasteiger partial charge >= 0.3 is 5.97 Å². The molecular formula is C18H21N3O3. The maximum Gasteiger partial charge on any atom is 0.326 e. The number of carbonyl (C=O) groups excluding carboxylic acids is 1. The predicted molar refractivity (Wildman–Crippen MR) is 88.4 cm³/mol. The molecule has 2 fully saturated rings. The van der Waals surface area contributed by atoms with Crippen LogP contribution in [0.2, 0.25) is 0 Å². The molecule has 2 N–H and O–H groups in total. The van der Waals surface area contributed by atoms with Crippen LogP contribution in [0, 0.1) is 5.92 Å². The number of rotatable bonds is 3. The Morgan fingerprint density at radius 2 is 2.12 bits per heavy atom. The van der Waals surface area contributed by atoms with E-state index in [0.29, 0.717) is 12.3 Å². The molecule has 6 heteroatoms. The summed E-state index contributed by atoms with van der Waals surface area (Å²) in [4.78, 5) is 26.2. The molecule has 0 spiro atoms. The number of amides is 1. The van der Waals surface area contributed by atoms with Crippen molar-refractivity contribution in [2.75, 3.05) is 0 Å². The van der Waals surface area contributed by atoms with Crippen LogP contribution in [0.1, 0.15) is 37.7 Å². The lowest BCUT2D eigenvalue weighted by Gasteiger charge is -2.33. The standard InChI is InChI=1S/C18H21N3O3/c22-17(8-11-5-6-13-10-19-20-14(13)7-11)21-15-4-2-1-3-12(15)9-16(21)18(23)24/h5-7,10,12,15-16H,1-4,8-9H2,(H,19,20)(H,23,24). The second kappa shape index (κ2) is 5.92. The van der Waals surface area contributed by atoms with E-state index >= 15 is 0 Å². The van der Waals surface area contributed by atoms with Gasteiger partial charge in [0.25, 0.3) is 0 Å². The van der Waals surface area contributed by atoms with Gasteiger partial charge in [-0.05, 0) is 36.8 Å². The molecule has 0 bridgehead atoms. The number of carboxylic acids is 1. The van der Waals surface area contributed by atoms with Crippen LogP contribution in [0.15, 0.2) is 24.4 Å². The van der Waals surface area contributed by atoms with Crippen LogP contribution in [-0.2, 0) is 16.0 Å². The largest absolute Gasteiger partial charge is 0.480 e. The molecular weight excluding hydrogens is 306 g/mol. The molecule has 1 aliphatic heterocycles. The minimum absolute atomic E-state index is 0.0735. The maximum absolute atomic E-state index is 12.9. The molecule has 3 atom stereocenters. The first-order valence-corrected chi connectivity index (χ1v) is 8.59. The highest BCUT2D eigenvalue weighted by Gasteiger charge is 2.47. The van der Waals surface area contributed by atoms with Gasteiger partial charge in [0.1, 0.15) is 6.04 Å². The van der Waals surface area contributed by atoms with Gasteiger partial charge < -0.3 is 10.0 Å². The molecule has 24 heavy (non-hydrogen) atoms. The number of nitrogens with zero attached hydrogens (tertiary/aromatic N) is 2. The van der Waals surface area contributed by atoms with Gasteiger partial charge in [0.2, 0.25) is 5.91 Å². The van der Waals surface area contributed by atoms with Crippen molar-refractivity contribution < 1.29 is 14.7 Å². The summed E-state index contributed by atoms with van der Waals surface area (Å²) in [5.74, 6) is -0.601. The lowest BCUT2D eigenvalue weighted by molar-refractivity contribution is -0.149. The van der Waals surface area contributed by atoms with Crippen molar-refractivity contribution in [3.63, 3.8) is 0 Å². The van der Waals surface area contributed by atoms with Crippen molar-refractivity contribution in [2.24, 2.45) is 5.92 Å². The van der Waals surface area contributed by atoms with E-state index in [4.69, 9.17) is 0 Å². The Balaban J connectivity index is 1.57. The van der Waals surface area contributed by atoms with E-state index in [1.807, 2.05) is 18.2 Å². The van der Waals surface area contributed by atoms with Gasteiger partial charge in [0.05, 0.1) is 18.1 Å². The van der Waals surface area contributed by atoms with Crippen molar-refractivity contribution >= 4 is 22.8 Å². The minimum atomic E-state index is -0.873. The van der Waals surface area contributed by atoms with Crippen molar-refractivity contribution in [1.82, 2.24) is 15.1 Å². The van der Waals surface area contributed by atoms with Crippen LogP contribution in [0.25, 0.3) is 10.9 Å². The Kier molecular flexibility index (Phi) is 3.75. The fourth-order valence-electron chi connectivity index (χ4n) is 4.40. The average molecular weight is 327 g/mol. The van der Waals surface area contributed by atoms with Crippen LogP contribution in [0.4, 0.5) is 0 Å². The number of H-pyrrole nitrogens is 1. The third kappa shape index (κ3) is 2.56. The van der Waals surface area contributed by atoms with Crippen LogP contribution >= 0.6 is 0 Å². The summed E-state index contributed by atoms with van der Waals surface area (Å²) >= 11 is 0. The number of fused-ring (bicyclic) bond motifs is 2. The van der Waals surface area contributed by atoms with Gasteiger partial charge in [-0.2, -0.15) is 5.10 Å². The topological polar surface area (TPSA) is 86.3 Å². The second-order valence-electron chi connectivity index (χ2n) is 6.97. The van der Waals surface area contributed by atoms with Gasteiger partial charge in [0, 0.05) is 11.4 Å². The van der Waals surface area contributed by atoms with Gasteiger partial charge in [-0.3, -0.25) is 9.89 Å². The van der Waals surface area contributed by atoms with Crippen molar-refractivity contribution in [2.45, 2.75) is 50.6 Å². The summed E-state index contributed by atoms with van der Waals surface area (Å²) in [6.07, 6.45) is 6.78. The number of likely N-dealkylation sites (tertiary alicyclic amines) is 1. The Hall–Kier alpha value is -2.37. The lowest BCUT2D eigenvalue weighted by atomic mass is 9.84. The maximum atomic E-state index is 12.9. The number of benzene rings is 1. The molecule has 1 saturated carbocycles. The molecule has 1 aromatic carbocycles. The van der Waals surface area contributed by atoms with Gasteiger partial charge in [-0.15, -0.1) is 0 Å². The summed E-state index contributed by atoms with van der Waals surface area (Å²) in [6, 6.07) is 5.21. The highest BCUT2D eigenvalue weighted by atomic mass is 16.4. The molecule has 1 saturated heterocycles. The Labute approximate surface area is 139 Å². The van der Waals surface area contributed by atoms with Crippen LogP contribution in [-0.4, -0.2) is 44.2 Å². The second-order valence-corrected chi connectivity index (χ2v) is 6.97. The molecule has 3 unspecified atom stereocenters. The number of carboxylic acid groups (broad SMARTS) is 1. The number of nitrogens with one attached hydrogen (secondary N) is 1. The van der Waals surface area contributed by atoms with E-state index in [1.54, 1.807) is 11.1 Å². The Morgan fingerprint density at radius 3 is 2.96 bits per heavy atom. The smallest absolute Gasteiger partial charge is 0.326 e. The van der Waals surface area contributed by atoms with Crippen LogP contribution in [0.3, 0.4) is 0 Å². The van der Waals surface area contributed by atoms with Crippen molar-refractivity contribution in [1.29, 1.82) is 0 Å². The van der Waals surface area contributed by atoms with Gasteiger partial charge in [-0.1, -0.05) is 25.0 Å². The SMILES string of the molecule is O=C(O)C1CC2CCCCC2N1C(=O)Cc1ccc2cn[nH]c2c1. The molecule has 1 aromatic heterocycles. The van der Waals surface area contributed by atoms with E-state index in [2.05, 4.69) is 10.2 Å². The summed E-state index contributed by atoms with van der Waals surface area (Å²) in [6.45, 7) is 0. The summed E-state index contributed by atoms with van der Waals surface area (Å²) in [5, 5.41) is 17.5. The first-order valence-electron chi connectivity index (χ1n) is 8.59. The zero-order valence-corrected chi connectivity index (χ0v) is 13.4. The molecule has 2 aromatic rings. The van der Waals surface area contributed by atoms with E-state index in [-0.39, 0.29) is 18.4 Å². The normalized spacial score (nSPS) is 26.5. The van der Waals surface area contributed by atoms with Gasteiger partial charge in [-0.25, -0.2) is 4.79 Å². The zero-order chi connectivity index (χ0) is 16.7. The molecule has 1 aliphatic carbocycles. The number of hydrogen-bond acceptors (Lipinski definition) is 3. The number of carbonyl (C=O) groups is 2. The zero-order valence-electron chi connectivity index (χ0n) is 13.4. The first-order chi connectivity index (χ1) is 11.6. The monoisotopic (exact) mass is 327 g/mol. The lowest BCUT2D eigenvalue weighted by Crippen LogP contribution is -2.46. The predicted octanol–water partition coefficient (Wildman–Crippen LogP) is 2.35. The van der Waals surface area contributed by atoms with Crippen molar-refractivity contribution in [3.8, 4) is 0 Å². The Bertz CT molecular complexity index is 785. The number of aromatic nitrogens is 2. The number of aromatic amines is 1. The van der Waals surface area contributed by atoms with Crippen LogP contribution < -0.4 is 0 Å². The number of hydrogen-bond donors (Lipinski definition) is 2. The summed E-state index contributed by atoms with van der Waals surface area (Å²) in [5.41, 5.74) is 1.78. The molecule has 0 radical (unpaired) electrons. The third-order valence-corrected chi connectivity index (χ3v) is 5.52. The molecule has 6 nitrogen and oxygen atoms in total.